The molecule has 0 bridgehead atoms. The predicted molar refractivity (Wildman–Crippen MR) is 90.5 cm³/mol. The number of aryl methyl sites for hydroxylation is 1. The van der Waals surface area contributed by atoms with Crippen LogP contribution in [-0.2, 0) is 6.42 Å². The molecule has 2 amide bonds. The summed E-state index contributed by atoms with van der Waals surface area (Å²) in [5.74, 6) is 0.540. The van der Waals surface area contributed by atoms with Crippen LogP contribution in [0.1, 0.15) is 11.1 Å². The molecule has 2 aromatic rings. The normalized spacial score (nSPS) is 10.1. The molecule has 1 aromatic heterocycles. The number of carbonyl (C=O) groups excluding carboxylic acids is 1. The Bertz CT molecular complexity index is 623. The van der Waals surface area contributed by atoms with Crippen molar-refractivity contribution in [3.63, 3.8) is 0 Å². The largest absolute Gasteiger partial charge is 0.376 e. The number of anilines is 2. The molecule has 0 aliphatic heterocycles. The van der Waals surface area contributed by atoms with Gasteiger partial charge in [0.15, 0.2) is 0 Å². The Morgan fingerprint density at radius 2 is 2.05 bits per heavy atom. The molecule has 5 nitrogen and oxygen atoms in total. The third kappa shape index (κ3) is 4.77. The topological polar surface area (TPSA) is 57.3 Å². The van der Waals surface area contributed by atoms with Crippen LogP contribution in [-0.4, -0.2) is 31.7 Å². The minimum Gasteiger partial charge on any atom is -0.376 e. The third-order valence-corrected chi connectivity index (χ3v) is 3.29. The van der Waals surface area contributed by atoms with Crippen LogP contribution in [0.3, 0.4) is 0 Å². The smallest absolute Gasteiger partial charge is 0.320 e. The van der Waals surface area contributed by atoms with Crippen LogP contribution < -0.4 is 15.5 Å². The van der Waals surface area contributed by atoms with E-state index in [0.29, 0.717) is 12.4 Å². The molecule has 0 aliphatic carbocycles. The Kier molecular flexibility index (Phi) is 5.36. The summed E-state index contributed by atoms with van der Waals surface area (Å²) < 4.78 is 0. The molecule has 1 heterocycles. The predicted octanol–water partition coefficient (Wildman–Crippen LogP) is 2.82. The second kappa shape index (κ2) is 7.45. The van der Waals surface area contributed by atoms with Crippen LogP contribution in [0.2, 0.25) is 0 Å². The van der Waals surface area contributed by atoms with Gasteiger partial charge in [0.25, 0.3) is 0 Å². The lowest BCUT2D eigenvalue weighted by Crippen LogP contribution is -2.30. The van der Waals surface area contributed by atoms with E-state index in [-0.39, 0.29) is 6.03 Å². The SMILES string of the molecule is Cc1cccc(CCNC(=O)Nc2ccc(N(C)C)cn2)c1. The second-order valence-electron chi connectivity index (χ2n) is 5.42. The van der Waals surface area contributed by atoms with Gasteiger partial charge < -0.3 is 10.2 Å². The summed E-state index contributed by atoms with van der Waals surface area (Å²) in [7, 11) is 3.89. The van der Waals surface area contributed by atoms with Crippen LogP contribution in [0.15, 0.2) is 42.6 Å². The van der Waals surface area contributed by atoms with E-state index in [4.69, 9.17) is 0 Å². The van der Waals surface area contributed by atoms with Gasteiger partial charge in [0, 0.05) is 20.6 Å². The molecule has 0 unspecified atom stereocenters. The van der Waals surface area contributed by atoms with Gasteiger partial charge in [0.1, 0.15) is 5.82 Å². The lowest BCUT2D eigenvalue weighted by Gasteiger charge is -2.12. The number of carbonyl (C=O) groups is 1. The molecule has 0 aliphatic rings. The lowest BCUT2D eigenvalue weighted by molar-refractivity contribution is 0.252. The Morgan fingerprint density at radius 3 is 2.68 bits per heavy atom. The van der Waals surface area contributed by atoms with E-state index in [1.807, 2.05) is 31.1 Å². The zero-order chi connectivity index (χ0) is 15.9. The first kappa shape index (κ1) is 15.8. The first-order valence-electron chi connectivity index (χ1n) is 7.28. The van der Waals surface area contributed by atoms with E-state index in [2.05, 4.69) is 40.7 Å². The Balaban J connectivity index is 1.78. The van der Waals surface area contributed by atoms with E-state index >= 15 is 0 Å². The van der Waals surface area contributed by atoms with Crippen molar-refractivity contribution in [1.29, 1.82) is 0 Å². The van der Waals surface area contributed by atoms with Gasteiger partial charge in [0.05, 0.1) is 11.9 Å². The highest BCUT2D eigenvalue weighted by Crippen LogP contribution is 2.11. The van der Waals surface area contributed by atoms with Crippen LogP contribution >= 0.6 is 0 Å². The molecule has 0 saturated heterocycles. The van der Waals surface area contributed by atoms with Gasteiger partial charge in [-0.15, -0.1) is 0 Å². The summed E-state index contributed by atoms with van der Waals surface area (Å²) in [4.78, 5) is 18.0. The van der Waals surface area contributed by atoms with Crippen molar-refractivity contribution in [3.8, 4) is 0 Å². The quantitative estimate of drug-likeness (QED) is 0.892. The number of rotatable bonds is 5. The zero-order valence-corrected chi connectivity index (χ0v) is 13.3. The fourth-order valence-corrected chi connectivity index (χ4v) is 2.07. The maximum atomic E-state index is 11.8. The van der Waals surface area contributed by atoms with E-state index in [0.717, 1.165) is 12.1 Å². The van der Waals surface area contributed by atoms with Crippen LogP contribution in [0.25, 0.3) is 0 Å². The number of aromatic nitrogens is 1. The second-order valence-corrected chi connectivity index (χ2v) is 5.42. The average Bonchev–Trinajstić information content (AvgIpc) is 2.48. The number of amides is 2. The van der Waals surface area contributed by atoms with Gasteiger partial charge >= 0.3 is 6.03 Å². The number of benzene rings is 1. The first-order valence-corrected chi connectivity index (χ1v) is 7.28. The summed E-state index contributed by atoms with van der Waals surface area (Å²) in [5, 5.41) is 5.56. The summed E-state index contributed by atoms with van der Waals surface area (Å²) in [5.41, 5.74) is 3.44. The Morgan fingerprint density at radius 1 is 1.23 bits per heavy atom. The highest BCUT2D eigenvalue weighted by Gasteiger charge is 2.03. The van der Waals surface area contributed by atoms with Crippen molar-refractivity contribution in [2.75, 3.05) is 30.9 Å². The summed E-state index contributed by atoms with van der Waals surface area (Å²) in [6, 6.07) is 11.7. The molecule has 0 fully saturated rings. The summed E-state index contributed by atoms with van der Waals surface area (Å²) in [6.45, 7) is 2.65. The van der Waals surface area contributed by atoms with E-state index in [9.17, 15) is 4.79 Å². The molecule has 22 heavy (non-hydrogen) atoms. The molecule has 116 valence electrons. The standard InChI is InChI=1S/C17H22N4O/c1-13-5-4-6-14(11-13)9-10-18-17(22)20-16-8-7-15(12-19-16)21(2)3/h4-8,11-12H,9-10H2,1-3H3,(H2,18,19,20,22). The van der Waals surface area contributed by atoms with Crippen molar-refractivity contribution in [1.82, 2.24) is 10.3 Å². The zero-order valence-electron chi connectivity index (χ0n) is 13.3. The minimum atomic E-state index is -0.238. The van der Waals surface area contributed by atoms with Crippen molar-refractivity contribution < 1.29 is 4.79 Å². The van der Waals surface area contributed by atoms with Crippen LogP contribution in [0.5, 0.6) is 0 Å². The van der Waals surface area contributed by atoms with Crippen molar-refractivity contribution in [2.24, 2.45) is 0 Å². The molecule has 2 rings (SSSR count). The van der Waals surface area contributed by atoms with Crippen molar-refractivity contribution in [3.05, 3.63) is 53.7 Å². The third-order valence-electron chi connectivity index (χ3n) is 3.29. The summed E-state index contributed by atoms with van der Waals surface area (Å²) >= 11 is 0. The van der Waals surface area contributed by atoms with Crippen molar-refractivity contribution >= 4 is 17.5 Å². The minimum absolute atomic E-state index is 0.238. The molecule has 0 atom stereocenters. The fraction of sp³-hybridized carbons (Fsp3) is 0.294. The van der Waals surface area contributed by atoms with E-state index in [1.54, 1.807) is 12.3 Å². The average molecular weight is 298 g/mol. The van der Waals surface area contributed by atoms with Gasteiger partial charge in [-0.3, -0.25) is 5.32 Å². The first-order chi connectivity index (χ1) is 10.5. The van der Waals surface area contributed by atoms with Gasteiger partial charge in [-0.05, 0) is 31.0 Å². The fourth-order valence-electron chi connectivity index (χ4n) is 2.07. The molecule has 0 spiro atoms. The molecular formula is C17H22N4O. The Hall–Kier alpha value is -2.56. The highest BCUT2D eigenvalue weighted by atomic mass is 16.2. The lowest BCUT2D eigenvalue weighted by atomic mass is 10.1. The molecule has 5 heteroatoms. The van der Waals surface area contributed by atoms with Gasteiger partial charge in [-0.25, -0.2) is 9.78 Å². The van der Waals surface area contributed by atoms with Crippen LogP contribution in [0.4, 0.5) is 16.3 Å². The van der Waals surface area contributed by atoms with Gasteiger partial charge in [-0.2, -0.15) is 0 Å². The molecule has 2 N–H and O–H groups in total. The Labute approximate surface area is 131 Å². The van der Waals surface area contributed by atoms with E-state index in [1.165, 1.54) is 11.1 Å². The van der Waals surface area contributed by atoms with Gasteiger partial charge in [-0.1, -0.05) is 29.8 Å². The number of hydrogen-bond acceptors (Lipinski definition) is 3. The van der Waals surface area contributed by atoms with Crippen molar-refractivity contribution in [2.45, 2.75) is 13.3 Å². The molecular weight excluding hydrogens is 276 g/mol. The monoisotopic (exact) mass is 298 g/mol. The molecule has 0 radical (unpaired) electrons. The molecule has 1 aromatic carbocycles. The van der Waals surface area contributed by atoms with Gasteiger partial charge in [0.2, 0.25) is 0 Å². The molecule has 0 saturated carbocycles. The maximum Gasteiger partial charge on any atom is 0.320 e. The van der Waals surface area contributed by atoms with Crippen LogP contribution in [0, 0.1) is 6.92 Å². The number of pyridine rings is 1. The summed E-state index contributed by atoms with van der Waals surface area (Å²) in [6.07, 6.45) is 2.53. The maximum absolute atomic E-state index is 11.8. The highest BCUT2D eigenvalue weighted by molar-refractivity contribution is 5.88. The number of nitrogens with zero attached hydrogens (tertiary/aromatic N) is 2. The number of hydrogen-bond donors (Lipinski definition) is 2. The number of urea groups is 1. The van der Waals surface area contributed by atoms with E-state index < -0.39 is 0 Å². The number of nitrogens with one attached hydrogen (secondary N) is 2.